The van der Waals surface area contributed by atoms with E-state index in [2.05, 4.69) is 46.6 Å². The number of nitrogens with one attached hydrogen (secondary N) is 2. The number of nitrogens with zero attached hydrogens (tertiary/aromatic N) is 2. The molecule has 0 saturated carbocycles. The van der Waals surface area contributed by atoms with E-state index in [0.29, 0.717) is 17.2 Å². The van der Waals surface area contributed by atoms with Crippen LogP contribution in [0.25, 0.3) is 11.3 Å². The standard InChI is InChI=1S/C28H28N4O/c1-4-20-13-9-14-21(5-2)27(20)32-28(33)23-15-10-16-24(17-23)31-26-18-25(29-19(3)30-26)22-11-7-6-8-12-22/h6-18H,4-5H2,1-3H3,(H,32,33)(H,29,30,31). The van der Waals surface area contributed by atoms with Crippen LogP contribution in [0.1, 0.15) is 41.2 Å². The number of carbonyl (C=O) groups excluding carboxylic acids is 1. The number of hydrogen-bond acceptors (Lipinski definition) is 4. The van der Waals surface area contributed by atoms with E-state index in [-0.39, 0.29) is 5.91 Å². The molecule has 2 N–H and O–H groups in total. The van der Waals surface area contributed by atoms with Crippen LogP contribution in [0.5, 0.6) is 0 Å². The van der Waals surface area contributed by atoms with E-state index in [9.17, 15) is 4.79 Å². The highest BCUT2D eigenvalue weighted by molar-refractivity contribution is 6.05. The van der Waals surface area contributed by atoms with Crippen molar-refractivity contribution in [2.24, 2.45) is 0 Å². The Kier molecular flexibility index (Phi) is 6.79. The number of hydrogen-bond donors (Lipinski definition) is 2. The molecule has 4 aromatic rings. The van der Waals surface area contributed by atoms with E-state index in [1.54, 1.807) is 0 Å². The zero-order chi connectivity index (χ0) is 23.2. The fourth-order valence-corrected chi connectivity index (χ4v) is 3.86. The first-order valence-corrected chi connectivity index (χ1v) is 11.3. The van der Waals surface area contributed by atoms with Crippen LogP contribution in [0.2, 0.25) is 0 Å². The molecule has 3 aromatic carbocycles. The van der Waals surface area contributed by atoms with Crippen molar-refractivity contribution in [3.8, 4) is 11.3 Å². The molecule has 0 fully saturated rings. The summed E-state index contributed by atoms with van der Waals surface area (Å²) >= 11 is 0. The van der Waals surface area contributed by atoms with Gasteiger partial charge in [-0.05, 0) is 49.1 Å². The van der Waals surface area contributed by atoms with Crippen LogP contribution in [0, 0.1) is 6.92 Å². The summed E-state index contributed by atoms with van der Waals surface area (Å²) < 4.78 is 0. The number of aryl methyl sites for hydroxylation is 3. The summed E-state index contributed by atoms with van der Waals surface area (Å²) in [6.07, 6.45) is 1.73. The van der Waals surface area contributed by atoms with E-state index in [4.69, 9.17) is 0 Å². The SMILES string of the molecule is CCc1cccc(CC)c1NC(=O)c1cccc(Nc2cc(-c3ccccc3)nc(C)n2)c1. The number of para-hydroxylation sites is 1. The minimum Gasteiger partial charge on any atom is -0.340 e. The van der Waals surface area contributed by atoms with Crippen LogP contribution in [0.3, 0.4) is 0 Å². The van der Waals surface area contributed by atoms with Crippen LogP contribution in [0.4, 0.5) is 17.2 Å². The minimum absolute atomic E-state index is 0.127. The second kappa shape index (κ2) is 10.1. The summed E-state index contributed by atoms with van der Waals surface area (Å²) in [5, 5.41) is 6.46. The zero-order valence-electron chi connectivity index (χ0n) is 19.2. The molecule has 33 heavy (non-hydrogen) atoms. The normalized spacial score (nSPS) is 10.6. The quantitative estimate of drug-likeness (QED) is 0.344. The summed E-state index contributed by atoms with van der Waals surface area (Å²) in [6.45, 7) is 6.07. The third-order valence-electron chi connectivity index (χ3n) is 5.54. The van der Waals surface area contributed by atoms with Gasteiger partial charge in [0.1, 0.15) is 11.6 Å². The topological polar surface area (TPSA) is 66.9 Å². The molecule has 0 aliphatic carbocycles. The van der Waals surface area contributed by atoms with Gasteiger partial charge in [-0.1, -0.05) is 68.4 Å². The molecular weight excluding hydrogens is 408 g/mol. The molecule has 0 atom stereocenters. The Morgan fingerprint density at radius 3 is 2.21 bits per heavy atom. The lowest BCUT2D eigenvalue weighted by Gasteiger charge is -2.15. The molecule has 0 radical (unpaired) electrons. The molecule has 5 heteroatoms. The average Bonchev–Trinajstić information content (AvgIpc) is 2.84. The molecule has 4 rings (SSSR count). The Bertz CT molecular complexity index is 1250. The van der Waals surface area contributed by atoms with Gasteiger partial charge >= 0.3 is 0 Å². The van der Waals surface area contributed by atoms with Crippen molar-refractivity contribution in [3.05, 3.63) is 101 Å². The Labute approximate surface area is 194 Å². The first-order chi connectivity index (χ1) is 16.1. The van der Waals surface area contributed by atoms with E-state index in [0.717, 1.165) is 46.6 Å². The van der Waals surface area contributed by atoms with Crippen molar-refractivity contribution in [1.29, 1.82) is 0 Å². The summed E-state index contributed by atoms with van der Waals surface area (Å²) in [7, 11) is 0. The maximum Gasteiger partial charge on any atom is 0.255 e. The van der Waals surface area contributed by atoms with Crippen LogP contribution in [0.15, 0.2) is 78.9 Å². The highest BCUT2D eigenvalue weighted by Gasteiger charge is 2.13. The lowest BCUT2D eigenvalue weighted by atomic mass is 10.0. The summed E-state index contributed by atoms with van der Waals surface area (Å²) in [6, 6.07) is 25.6. The Morgan fingerprint density at radius 2 is 1.52 bits per heavy atom. The molecule has 5 nitrogen and oxygen atoms in total. The number of benzene rings is 3. The molecule has 1 aromatic heterocycles. The highest BCUT2D eigenvalue weighted by Crippen LogP contribution is 2.25. The van der Waals surface area contributed by atoms with E-state index in [1.165, 1.54) is 0 Å². The van der Waals surface area contributed by atoms with Gasteiger partial charge in [-0.2, -0.15) is 0 Å². The lowest BCUT2D eigenvalue weighted by Crippen LogP contribution is -2.15. The Balaban J connectivity index is 1.57. The Hall–Kier alpha value is -3.99. The number of aromatic nitrogens is 2. The van der Waals surface area contributed by atoms with Gasteiger partial charge in [0.2, 0.25) is 0 Å². The molecule has 1 heterocycles. The van der Waals surface area contributed by atoms with Crippen molar-refractivity contribution >= 4 is 23.1 Å². The van der Waals surface area contributed by atoms with Gasteiger partial charge in [0.05, 0.1) is 5.69 Å². The number of carbonyl (C=O) groups is 1. The maximum atomic E-state index is 13.1. The monoisotopic (exact) mass is 436 g/mol. The smallest absolute Gasteiger partial charge is 0.255 e. The highest BCUT2D eigenvalue weighted by atomic mass is 16.1. The van der Waals surface area contributed by atoms with Crippen LogP contribution >= 0.6 is 0 Å². The number of anilines is 3. The molecular formula is C28H28N4O. The van der Waals surface area contributed by atoms with Gasteiger partial charge in [-0.15, -0.1) is 0 Å². The fraction of sp³-hybridized carbons (Fsp3) is 0.179. The van der Waals surface area contributed by atoms with Gasteiger partial charge in [0, 0.05) is 28.6 Å². The van der Waals surface area contributed by atoms with Gasteiger partial charge in [-0.25, -0.2) is 9.97 Å². The molecule has 1 amide bonds. The fourth-order valence-electron chi connectivity index (χ4n) is 3.86. The van der Waals surface area contributed by atoms with Gasteiger partial charge < -0.3 is 10.6 Å². The van der Waals surface area contributed by atoms with Gasteiger partial charge in [0.25, 0.3) is 5.91 Å². The van der Waals surface area contributed by atoms with Crippen LogP contribution in [-0.4, -0.2) is 15.9 Å². The van der Waals surface area contributed by atoms with Crippen LogP contribution < -0.4 is 10.6 Å². The molecule has 0 bridgehead atoms. The minimum atomic E-state index is -0.127. The van der Waals surface area contributed by atoms with Gasteiger partial charge in [0.15, 0.2) is 0 Å². The molecule has 0 aliphatic heterocycles. The van der Waals surface area contributed by atoms with Gasteiger partial charge in [-0.3, -0.25) is 4.79 Å². The third kappa shape index (κ3) is 5.26. The van der Waals surface area contributed by atoms with Crippen molar-refractivity contribution in [3.63, 3.8) is 0 Å². The predicted octanol–water partition coefficient (Wildman–Crippen LogP) is 6.57. The summed E-state index contributed by atoms with van der Waals surface area (Å²) in [4.78, 5) is 22.2. The predicted molar refractivity (Wildman–Crippen MR) is 135 cm³/mol. The van der Waals surface area contributed by atoms with Crippen molar-refractivity contribution in [1.82, 2.24) is 9.97 Å². The Morgan fingerprint density at radius 1 is 0.818 bits per heavy atom. The molecule has 0 aliphatic rings. The molecule has 0 spiro atoms. The first-order valence-electron chi connectivity index (χ1n) is 11.3. The lowest BCUT2D eigenvalue weighted by molar-refractivity contribution is 0.102. The van der Waals surface area contributed by atoms with E-state index in [1.807, 2.05) is 73.7 Å². The third-order valence-corrected chi connectivity index (χ3v) is 5.54. The molecule has 166 valence electrons. The molecule has 0 saturated heterocycles. The maximum absolute atomic E-state index is 13.1. The second-order valence-corrected chi connectivity index (χ2v) is 7.87. The van der Waals surface area contributed by atoms with Crippen molar-refractivity contribution in [2.45, 2.75) is 33.6 Å². The van der Waals surface area contributed by atoms with Crippen molar-refractivity contribution < 1.29 is 4.79 Å². The van der Waals surface area contributed by atoms with E-state index < -0.39 is 0 Å². The summed E-state index contributed by atoms with van der Waals surface area (Å²) in [5.41, 5.74) is 6.46. The van der Waals surface area contributed by atoms with Crippen molar-refractivity contribution in [2.75, 3.05) is 10.6 Å². The average molecular weight is 437 g/mol. The number of rotatable bonds is 7. The zero-order valence-corrected chi connectivity index (χ0v) is 19.2. The van der Waals surface area contributed by atoms with E-state index >= 15 is 0 Å². The summed E-state index contributed by atoms with van der Waals surface area (Å²) in [5.74, 6) is 1.23. The second-order valence-electron chi connectivity index (χ2n) is 7.87. The number of amides is 1. The van der Waals surface area contributed by atoms with Crippen LogP contribution in [-0.2, 0) is 12.8 Å². The molecule has 0 unspecified atom stereocenters. The largest absolute Gasteiger partial charge is 0.340 e. The first kappa shape index (κ1) is 22.2.